The number of imidazole rings is 1. The molecule has 7 nitrogen and oxygen atoms in total. The minimum Gasteiger partial charge on any atom is -0.480 e. The highest BCUT2D eigenvalue weighted by molar-refractivity contribution is 5.83. The second-order valence-corrected chi connectivity index (χ2v) is 5.52. The van der Waals surface area contributed by atoms with Crippen LogP contribution in [0.3, 0.4) is 0 Å². The molecule has 1 aliphatic rings. The maximum Gasteiger partial charge on any atom is 0.320 e. The van der Waals surface area contributed by atoms with Gasteiger partial charge >= 0.3 is 6.01 Å². The van der Waals surface area contributed by atoms with Crippen LogP contribution < -0.4 is 10.5 Å². The van der Waals surface area contributed by atoms with Crippen molar-refractivity contribution >= 4 is 17.0 Å². The summed E-state index contributed by atoms with van der Waals surface area (Å²) in [6.45, 7) is 3.11. The van der Waals surface area contributed by atoms with Gasteiger partial charge in [-0.15, -0.1) is 0 Å². The quantitative estimate of drug-likeness (QED) is 0.795. The molecule has 0 saturated carbocycles. The van der Waals surface area contributed by atoms with Crippen LogP contribution in [0.25, 0.3) is 11.2 Å². The van der Waals surface area contributed by atoms with Crippen LogP contribution in [0.2, 0.25) is 0 Å². The van der Waals surface area contributed by atoms with Gasteiger partial charge in [-0.05, 0) is 24.8 Å². The van der Waals surface area contributed by atoms with Crippen molar-refractivity contribution in [3.63, 3.8) is 0 Å². The smallest absolute Gasteiger partial charge is 0.320 e. The van der Waals surface area contributed by atoms with Crippen molar-refractivity contribution in [1.82, 2.24) is 19.5 Å². The Morgan fingerprint density at radius 3 is 2.91 bits per heavy atom. The van der Waals surface area contributed by atoms with Gasteiger partial charge in [0.15, 0.2) is 17.0 Å². The van der Waals surface area contributed by atoms with E-state index < -0.39 is 0 Å². The third-order valence-electron chi connectivity index (χ3n) is 3.72. The first-order chi connectivity index (χ1) is 11.2. The highest BCUT2D eigenvalue weighted by Gasteiger charge is 2.17. The summed E-state index contributed by atoms with van der Waals surface area (Å²) in [5.41, 5.74) is 7.92. The van der Waals surface area contributed by atoms with E-state index in [4.69, 9.17) is 10.5 Å². The predicted octanol–water partition coefficient (Wildman–Crippen LogP) is 2.57. The standard InChI is InChI=1S/C16H21N5O2/c1-2-3-9-23-15-19-13(17)12-14(20-15)21(16(22)18-12)10-11-7-5-4-6-8-11/h5,7-8H,2-4,6,9-10H2,1H3,(H,18,22)(H2,17,19,20). The molecule has 2 heterocycles. The number of aromatic nitrogens is 4. The Labute approximate surface area is 134 Å². The molecule has 3 N–H and O–H groups in total. The Balaban J connectivity index is 1.94. The Bertz CT molecular complexity index is 763. The predicted molar refractivity (Wildman–Crippen MR) is 88.3 cm³/mol. The normalized spacial score (nSPS) is 14.2. The Morgan fingerprint density at radius 1 is 1.30 bits per heavy atom. The van der Waals surface area contributed by atoms with Crippen LogP contribution >= 0.6 is 0 Å². The summed E-state index contributed by atoms with van der Waals surface area (Å²) >= 11 is 0. The largest absolute Gasteiger partial charge is 0.480 e. The van der Waals surface area contributed by atoms with Crippen LogP contribution in [0.5, 0.6) is 12.0 Å². The van der Waals surface area contributed by atoms with Crippen LogP contribution in [-0.4, -0.2) is 31.2 Å². The first-order valence-electron chi connectivity index (χ1n) is 7.90. The van der Waals surface area contributed by atoms with Crippen molar-refractivity contribution in [2.45, 2.75) is 39.2 Å². The van der Waals surface area contributed by atoms with Gasteiger partial charge in [-0.3, -0.25) is 4.57 Å². The fraction of sp³-hybridized carbons (Fsp3) is 0.438. The zero-order valence-electron chi connectivity index (χ0n) is 13.2. The Kier molecular flexibility index (Phi) is 4.45. The van der Waals surface area contributed by atoms with Gasteiger partial charge in [0.1, 0.15) is 0 Å². The van der Waals surface area contributed by atoms with Crippen molar-refractivity contribution < 1.29 is 9.84 Å². The van der Waals surface area contributed by atoms with E-state index in [0.717, 1.165) is 31.3 Å². The number of hydrogen-bond acceptors (Lipinski definition) is 6. The molecule has 122 valence electrons. The van der Waals surface area contributed by atoms with Crippen molar-refractivity contribution in [2.75, 3.05) is 12.3 Å². The van der Waals surface area contributed by atoms with Gasteiger partial charge in [-0.25, -0.2) is 0 Å². The molecule has 2 aromatic rings. The molecule has 0 unspecified atom stereocenters. The van der Waals surface area contributed by atoms with Gasteiger partial charge in [0.2, 0.25) is 0 Å². The number of nitrogens with zero attached hydrogens (tertiary/aromatic N) is 4. The molecular formula is C16H21N5O2. The number of allylic oxidation sites excluding steroid dienone is 4. The summed E-state index contributed by atoms with van der Waals surface area (Å²) in [5.74, 6) is 0.212. The van der Waals surface area contributed by atoms with Crippen LogP contribution in [0.1, 0.15) is 32.6 Å². The first-order valence-corrected chi connectivity index (χ1v) is 7.90. The summed E-state index contributed by atoms with van der Waals surface area (Å²) in [7, 11) is 0. The second-order valence-electron chi connectivity index (χ2n) is 5.52. The molecule has 2 aromatic heterocycles. The van der Waals surface area contributed by atoms with E-state index in [-0.39, 0.29) is 17.8 Å². The number of ether oxygens (including phenoxy) is 1. The number of nitrogen functional groups attached to an aromatic ring is 1. The molecule has 0 fully saturated rings. The topological polar surface area (TPSA) is 99.1 Å². The van der Waals surface area contributed by atoms with E-state index in [1.807, 2.05) is 0 Å². The number of hydrogen-bond donors (Lipinski definition) is 2. The maximum atomic E-state index is 10.1. The summed E-state index contributed by atoms with van der Waals surface area (Å²) in [5, 5.41) is 10.1. The average Bonchev–Trinajstić information content (AvgIpc) is 2.86. The third kappa shape index (κ3) is 3.28. The van der Waals surface area contributed by atoms with Gasteiger partial charge in [0.25, 0.3) is 6.01 Å². The lowest BCUT2D eigenvalue weighted by Gasteiger charge is -2.10. The van der Waals surface area contributed by atoms with Gasteiger partial charge in [-0.1, -0.05) is 31.6 Å². The molecule has 3 rings (SSSR count). The highest BCUT2D eigenvalue weighted by Crippen LogP contribution is 2.26. The molecule has 0 radical (unpaired) electrons. The molecule has 0 amide bonds. The summed E-state index contributed by atoms with van der Waals surface area (Å²) in [6.07, 6.45) is 10.3. The lowest BCUT2D eigenvalue weighted by atomic mass is 10.1. The van der Waals surface area contributed by atoms with Crippen molar-refractivity contribution in [3.8, 4) is 12.0 Å². The number of rotatable bonds is 6. The average molecular weight is 315 g/mol. The molecule has 0 spiro atoms. The zero-order chi connectivity index (χ0) is 16.2. The molecule has 23 heavy (non-hydrogen) atoms. The second kappa shape index (κ2) is 6.68. The SMILES string of the molecule is CCCCOc1nc(N)c2nc(O)n(CC3=CCCC=C3)c2n1. The van der Waals surface area contributed by atoms with E-state index in [2.05, 4.69) is 40.1 Å². The van der Waals surface area contributed by atoms with E-state index in [1.54, 1.807) is 4.57 Å². The van der Waals surface area contributed by atoms with Crippen molar-refractivity contribution in [2.24, 2.45) is 0 Å². The minimum absolute atomic E-state index is 0.119. The van der Waals surface area contributed by atoms with Gasteiger partial charge in [0, 0.05) is 0 Å². The molecular weight excluding hydrogens is 294 g/mol. The highest BCUT2D eigenvalue weighted by atomic mass is 16.5. The number of anilines is 1. The molecule has 0 aliphatic heterocycles. The first kappa shape index (κ1) is 15.3. The van der Waals surface area contributed by atoms with Crippen LogP contribution in [0, 0.1) is 0 Å². The summed E-state index contributed by atoms with van der Waals surface area (Å²) in [4.78, 5) is 12.6. The fourth-order valence-electron chi connectivity index (χ4n) is 2.48. The van der Waals surface area contributed by atoms with E-state index in [0.29, 0.717) is 24.3 Å². The summed E-state index contributed by atoms with van der Waals surface area (Å²) in [6, 6.07) is 0.101. The number of nitrogens with two attached hydrogens (primary N) is 1. The number of fused-ring (bicyclic) bond motifs is 1. The fourth-order valence-corrected chi connectivity index (χ4v) is 2.48. The molecule has 1 aliphatic carbocycles. The third-order valence-corrected chi connectivity index (χ3v) is 3.72. The van der Waals surface area contributed by atoms with Gasteiger partial charge < -0.3 is 15.6 Å². The summed E-state index contributed by atoms with van der Waals surface area (Å²) < 4.78 is 7.16. The maximum absolute atomic E-state index is 10.1. The van der Waals surface area contributed by atoms with E-state index in [9.17, 15) is 5.11 Å². The Hall–Kier alpha value is -2.57. The molecule has 0 aromatic carbocycles. The number of aromatic hydroxyl groups is 1. The van der Waals surface area contributed by atoms with Crippen LogP contribution in [0.4, 0.5) is 5.82 Å². The van der Waals surface area contributed by atoms with Gasteiger partial charge in [-0.2, -0.15) is 15.0 Å². The molecule has 0 bridgehead atoms. The van der Waals surface area contributed by atoms with Crippen molar-refractivity contribution in [1.29, 1.82) is 0 Å². The van der Waals surface area contributed by atoms with Crippen LogP contribution in [-0.2, 0) is 6.54 Å². The lowest BCUT2D eigenvalue weighted by molar-refractivity contribution is 0.286. The molecule has 0 atom stereocenters. The van der Waals surface area contributed by atoms with Gasteiger partial charge in [0.05, 0.1) is 13.2 Å². The minimum atomic E-state index is -0.119. The number of unbranched alkanes of at least 4 members (excludes halogenated alkanes) is 1. The monoisotopic (exact) mass is 315 g/mol. The molecule has 0 saturated heterocycles. The molecule has 7 heteroatoms. The Morgan fingerprint density at radius 2 is 2.17 bits per heavy atom. The van der Waals surface area contributed by atoms with Crippen LogP contribution in [0.15, 0.2) is 23.8 Å². The van der Waals surface area contributed by atoms with Crippen molar-refractivity contribution in [3.05, 3.63) is 23.8 Å². The lowest BCUT2D eigenvalue weighted by Crippen LogP contribution is -2.06. The zero-order valence-corrected chi connectivity index (χ0v) is 13.2. The van der Waals surface area contributed by atoms with E-state index in [1.165, 1.54) is 0 Å². The van der Waals surface area contributed by atoms with E-state index >= 15 is 0 Å².